The van der Waals surface area contributed by atoms with Crippen molar-refractivity contribution in [2.75, 3.05) is 6.54 Å². The number of halogens is 3. The summed E-state index contributed by atoms with van der Waals surface area (Å²) in [6.07, 6.45) is 1.40. The summed E-state index contributed by atoms with van der Waals surface area (Å²) in [7, 11) is 0. The molecule has 0 saturated carbocycles. The lowest BCUT2D eigenvalue weighted by atomic mass is 9.99. The first kappa shape index (κ1) is 16.2. The van der Waals surface area contributed by atoms with Gasteiger partial charge in [-0.05, 0) is 55.8 Å². The average molecular weight is 319 g/mol. The van der Waals surface area contributed by atoms with Gasteiger partial charge in [-0.3, -0.25) is 9.69 Å². The minimum atomic E-state index is -4.29. The second kappa shape index (κ2) is 5.88. The highest BCUT2D eigenvalue weighted by Gasteiger charge is 2.43. The van der Waals surface area contributed by atoms with Crippen molar-refractivity contribution in [1.82, 2.24) is 4.90 Å². The minimum Gasteiger partial charge on any atom is -0.480 e. The zero-order chi connectivity index (χ0) is 15.7. The van der Waals surface area contributed by atoms with Crippen molar-refractivity contribution in [2.24, 2.45) is 0 Å². The molecule has 1 aromatic carbocycles. The van der Waals surface area contributed by atoms with Gasteiger partial charge < -0.3 is 5.11 Å². The van der Waals surface area contributed by atoms with E-state index in [-0.39, 0.29) is 16.7 Å². The molecule has 1 atom stereocenters. The van der Waals surface area contributed by atoms with Gasteiger partial charge in [-0.1, -0.05) is 12.1 Å². The Balaban J connectivity index is 2.05. The van der Waals surface area contributed by atoms with Gasteiger partial charge in [-0.15, -0.1) is 0 Å². The topological polar surface area (TPSA) is 40.5 Å². The number of aliphatic carboxylic acids is 1. The van der Waals surface area contributed by atoms with Crippen LogP contribution in [0.4, 0.5) is 13.2 Å². The molecule has 21 heavy (non-hydrogen) atoms. The quantitative estimate of drug-likeness (QED) is 0.858. The largest absolute Gasteiger partial charge is 0.480 e. The third-order valence-corrected chi connectivity index (χ3v) is 4.52. The Labute approximate surface area is 125 Å². The number of hydrogen-bond acceptors (Lipinski definition) is 3. The van der Waals surface area contributed by atoms with Gasteiger partial charge >= 0.3 is 11.5 Å². The molecule has 0 aromatic heterocycles. The lowest BCUT2D eigenvalue weighted by Crippen LogP contribution is -2.47. The van der Waals surface area contributed by atoms with E-state index < -0.39 is 17.0 Å². The van der Waals surface area contributed by atoms with Crippen LogP contribution in [-0.4, -0.2) is 33.6 Å². The van der Waals surface area contributed by atoms with Gasteiger partial charge in [-0.25, -0.2) is 0 Å². The van der Waals surface area contributed by atoms with Crippen molar-refractivity contribution in [3.8, 4) is 0 Å². The molecule has 1 aliphatic rings. The van der Waals surface area contributed by atoms with Gasteiger partial charge in [-0.2, -0.15) is 13.2 Å². The predicted octanol–water partition coefficient (Wildman–Crippen LogP) is 3.74. The first-order valence-electron chi connectivity index (χ1n) is 6.54. The van der Waals surface area contributed by atoms with Crippen molar-refractivity contribution in [3.63, 3.8) is 0 Å². The van der Waals surface area contributed by atoms with E-state index in [9.17, 15) is 23.1 Å². The molecule has 1 aliphatic heterocycles. The fourth-order valence-electron chi connectivity index (χ4n) is 2.53. The molecule has 1 unspecified atom stereocenters. The van der Waals surface area contributed by atoms with Gasteiger partial charge in [0, 0.05) is 11.4 Å². The molecule has 1 N–H and O–H groups in total. The van der Waals surface area contributed by atoms with Crippen LogP contribution in [0.15, 0.2) is 29.2 Å². The molecule has 116 valence electrons. The molecule has 1 heterocycles. The van der Waals surface area contributed by atoms with E-state index in [4.69, 9.17) is 0 Å². The summed E-state index contributed by atoms with van der Waals surface area (Å²) in [6.45, 7) is 2.80. The number of nitrogens with zero attached hydrogens (tertiary/aromatic N) is 1. The number of carboxylic acids is 1. The summed E-state index contributed by atoms with van der Waals surface area (Å²) in [5, 5.41) is 9.32. The number of carbonyl (C=O) groups is 1. The van der Waals surface area contributed by atoms with Gasteiger partial charge in [0.15, 0.2) is 0 Å². The number of carboxylic acid groups (broad SMARTS) is 1. The van der Waals surface area contributed by atoms with Crippen LogP contribution >= 0.6 is 11.8 Å². The Bertz CT molecular complexity index is 518. The Morgan fingerprint density at radius 1 is 1.38 bits per heavy atom. The summed E-state index contributed by atoms with van der Waals surface area (Å²) < 4.78 is 36.7. The number of likely N-dealkylation sites (tertiary alicyclic amines) is 1. The molecule has 0 bridgehead atoms. The highest BCUT2D eigenvalue weighted by atomic mass is 32.2. The molecular weight excluding hydrogens is 303 g/mol. The first-order chi connectivity index (χ1) is 9.71. The maximum Gasteiger partial charge on any atom is 0.446 e. The van der Waals surface area contributed by atoms with Gasteiger partial charge in [0.25, 0.3) is 0 Å². The minimum absolute atomic E-state index is 0.133. The van der Waals surface area contributed by atoms with Crippen LogP contribution in [-0.2, 0) is 11.3 Å². The van der Waals surface area contributed by atoms with Crippen LogP contribution in [0.5, 0.6) is 0 Å². The normalized spacial score (nSPS) is 23.4. The Morgan fingerprint density at radius 2 is 2.00 bits per heavy atom. The van der Waals surface area contributed by atoms with Crippen LogP contribution in [0.3, 0.4) is 0 Å². The smallest absolute Gasteiger partial charge is 0.446 e. The van der Waals surface area contributed by atoms with Crippen LogP contribution in [0, 0.1) is 0 Å². The van der Waals surface area contributed by atoms with E-state index in [1.54, 1.807) is 19.1 Å². The van der Waals surface area contributed by atoms with Gasteiger partial charge in [0.1, 0.15) is 5.54 Å². The van der Waals surface area contributed by atoms with Gasteiger partial charge in [0.2, 0.25) is 0 Å². The molecule has 1 saturated heterocycles. The lowest BCUT2D eigenvalue weighted by Gasteiger charge is -2.31. The first-order valence-corrected chi connectivity index (χ1v) is 7.35. The maximum absolute atomic E-state index is 12.2. The Hall–Kier alpha value is -1.21. The molecule has 0 radical (unpaired) electrons. The Morgan fingerprint density at radius 3 is 2.52 bits per heavy atom. The molecule has 0 aliphatic carbocycles. The molecule has 0 spiro atoms. The molecule has 1 fully saturated rings. The summed E-state index contributed by atoms with van der Waals surface area (Å²) in [4.78, 5) is 13.4. The van der Waals surface area contributed by atoms with Crippen LogP contribution in [0.1, 0.15) is 25.3 Å². The summed E-state index contributed by atoms with van der Waals surface area (Å²) in [5.74, 6) is -0.857. The zero-order valence-corrected chi connectivity index (χ0v) is 12.3. The van der Waals surface area contributed by atoms with E-state index in [0.717, 1.165) is 12.0 Å². The van der Waals surface area contributed by atoms with E-state index >= 15 is 0 Å². The van der Waals surface area contributed by atoms with Crippen LogP contribution in [0.2, 0.25) is 0 Å². The van der Waals surface area contributed by atoms with Crippen LogP contribution < -0.4 is 0 Å². The predicted molar refractivity (Wildman–Crippen MR) is 74.0 cm³/mol. The van der Waals surface area contributed by atoms with E-state index in [1.807, 2.05) is 4.90 Å². The number of rotatable bonds is 4. The molecule has 2 rings (SSSR count). The standard InChI is InChI=1S/C14H16F3NO2S/c1-13(12(19)20)7-2-8-18(13)9-10-3-5-11(6-4-10)21-14(15,16)17/h3-6H,2,7-9H2,1H3,(H,19,20). The van der Waals surface area contributed by atoms with E-state index in [0.29, 0.717) is 19.5 Å². The summed E-state index contributed by atoms with van der Waals surface area (Å²) in [5.41, 5.74) is -4.37. The third kappa shape index (κ3) is 3.91. The third-order valence-electron chi connectivity index (χ3n) is 3.78. The number of alkyl halides is 3. The van der Waals surface area contributed by atoms with Crippen molar-refractivity contribution >= 4 is 17.7 Å². The van der Waals surface area contributed by atoms with Crippen LogP contribution in [0.25, 0.3) is 0 Å². The summed E-state index contributed by atoms with van der Waals surface area (Å²) >= 11 is -0.151. The monoisotopic (exact) mass is 319 g/mol. The SMILES string of the molecule is CC1(C(=O)O)CCCN1Cc1ccc(SC(F)(F)F)cc1. The van der Waals surface area contributed by atoms with Crippen molar-refractivity contribution in [3.05, 3.63) is 29.8 Å². The lowest BCUT2D eigenvalue weighted by molar-refractivity contribution is -0.148. The second-order valence-corrected chi connectivity index (χ2v) is 6.43. The molecule has 1 aromatic rings. The van der Waals surface area contributed by atoms with Crippen molar-refractivity contribution < 1.29 is 23.1 Å². The number of thioether (sulfide) groups is 1. The fraction of sp³-hybridized carbons (Fsp3) is 0.500. The van der Waals surface area contributed by atoms with E-state index in [1.165, 1.54) is 12.1 Å². The van der Waals surface area contributed by atoms with E-state index in [2.05, 4.69) is 0 Å². The van der Waals surface area contributed by atoms with Crippen molar-refractivity contribution in [1.29, 1.82) is 0 Å². The van der Waals surface area contributed by atoms with Gasteiger partial charge in [0.05, 0.1) is 0 Å². The number of benzene rings is 1. The highest BCUT2D eigenvalue weighted by Crippen LogP contribution is 2.37. The second-order valence-electron chi connectivity index (χ2n) is 5.30. The molecular formula is C14H16F3NO2S. The highest BCUT2D eigenvalue weighted by molar-refractivity contribution is 8.00. The molecule has 0 amide bonds. The molecule has 7 heteroatoms. The van der Waals surface area contributed by atoms with Crippen molar-refractivity contribution in [2.45, 2.75) is 42.3 Å². The average Bonchev–Trinajstić information content (AvgIpc) is 2.73. The summed E-state index contributed by atoms with van der Waals surface area (Å²) in [6, 6.07) is 6.08. The zero-order valence-electron chi connectivity index (χ0n) is 11.5. The maximum atomic E-state index is 12.2. The molecule has 3 nitrogen and oxygen atoms in total. The Kier molecular flexibility index (Phi) is 4.53. The number of hydrogen-bond donors (Lipinski definition) is 1. The fourth-order valence-corrected chi connectivity index (χ4v) is 3.07.